The SMILES string of the molecule is Cc1ccc(S(=O)(=O)N2c3ccc(C(O)(C(C)(C)F)C(C)(F)F)cc3CC[C@H]2CC(=O)N2CCOCC2CO)cc1. The van der Waals surface area contributed by atoms with Gasteiger partial charge in [0.25, 0.3) is 15.9 Å². The van der Waals surface area contributed by atoms with E-state index in [1.54, 1.807) is 12.1 Å². The summed E-state index contributed by atoms with van der Waals surface area (Å²) >= 11 is 0. The van der Waals surface area contributed by atoms with Crippen LogP contribution < -0.4 is 4.31 Å². The van der Waals surface area contributed by atoms with Gasteiger partial charge in [0.05, 0.1) is 42.5 Å². The summed E-state index contributed by atoms with van der Waals surface area (Å²) in [6.45, 7) is 4.39. The van der Waals surface area contributed by atoms with Gasteiger partial charge in [-0.1, -0.05) is 29.8 Å². The van der Waals surface area contributed by atoms with E-state index in [9.17, 15) is 32.2 Å². The normalized spacial score (nSPS) is 21.8. The van der Waals surface area contributed by atoms with E-state index in [1.165, 1.54) is 29.2 Å². The molecule has 0 saturated carbocycles. The standard InChI is InChI=1S/C29H37F3N2O6S/c1-19-5-10-24(11-6-19)41(38,39)34-22(16-26(36)33-13-14-40-18-23(33)17-35)9-7-20-15-21(8-12-25(20)34)29(37,27(2,3)30)28(4,31)32/h5-6,8,10-12,15,22-23,35,37H,7,9,13-14,16-18H2,1-4H3/t22-,23?,29?/m0/s1. The van der Waals surface area contributed by atoms with Crippen molar-refractivity contribution in [2.24, 2.45) is 0 Å². The second kappa shape index (κ2) is 11.2. The predicted octanol–water partition coefficient (Wildman–Crippen LogP) is 3.71. The molecule has 1 saturated heterocycles. The van der Waals surface area contributed by atoms with E-state index in [2.05, 4.69) is 0 Å². The van der Waals surface area contributed by atoms with Crippen molar-refractivity contribution in [1.82, 2.24) is 4.90 Å². The summed E-state index contributed by atoms with van der Waals surface area (Å²) in [6, 6.07) is 8.47. The fourth-order valence-electron chi connectivity index (χ4n) is 5.77. The molecule has 0 spiro atoms. The van der Waals surface area contributed by atoms with Crippen LogP contribution in [0.3, 0.4) is 0 Å². The van der Waals surface area contributed by atoms with E-state index in [-0.39, 0.29) is 61.1 Å². The number of carbonyl (C=O) groups is 1. The molecule has 2 N–H and O–H groups in total. The van der Waals surface area contributed by atoms with Crippen LogP contribution in [-0.4, -0.2) is 79.5 Å². The molecule has 2 unspecified atom stereocenters. The average molecular weight is 599 g/mol. The molecule has 226 valence electrons. The molecule has 2 aromatic carbocycles. The molecule has 41 heavy (non-hydrogen) atoms. The minimum absolute atomic E-state index is 0.0152. The van der Waals surface area contributed by atoms with Crippen molar-refractivity contribution in [1.29, 1.82) is 0 Å². The summed E-state index contributed by atoms with van der Waals surface area (Å²) in [5.74, 6) is -4.21. The summed E-state index contributed by atoms with van der Waals surface area (Å²) in [6.07, 6.45) is 0.185. The van der Waals surface area contributed by atoms with Crippen molar-refractivity contribution in [3.8, 4) is 0 Å². The number of aliphatic hydroxyl groups excluding tert-OH is 1. The van der Waals surface area contributed by atoms with Gasteiger partial charge in [0.15, 0.2) is 5.60 Å². The van der Waals surface area contributed by atoms with E-state index >= 15 is 4.39 Å². The van der Waals surface area contributed by atoms with E-state index in [0.29, 0.717) is 19.1 Å². The maximum Gasteiger partial charge on any atom is 0.280 e. The number of carbonyl (C=O) groups excluding carboxylic acids is 1. The van der Waals surface area contributed by atoms with Gasteiger partial charge in [-0.3, -0.25) is 9.10 Å². The molecule has 1 fully saturated rings. The van der Waals surface area contributed by atoms with Gasteiger partial charge in [0, 0.05) is 19.9 Å². The van der Waals surface area contributed by atoms with Gasteiger partial charge in [0.2, 0.25) is 5.91 Å². The molecule has 2 aromatic rings. The lowest BCUT2D eigenvalue weighted by molar-refractivity contribution is -0.234. The Balaban J connectivity index is 1.80. The Hall–Kier alpha value is -2.67. The third kappa shape index (κ3) is 5.71. The lowest BCUT2D eigenvalue weighted by atomic mass is 9.75. The first-order chi connectivity index (χ1) is 19.0. The van der Waals surface area contributed by atoms with Crippen LogP contribution in [0, 0.1) is 6.92 Å². The topological polar surface area (TPSA) is 107 Å². The molecule has 2 aliphatic rings. The van der Waals surface area contributed by atoms with Gasteiger partial charge in [0.1, 0.15) is 5.67 Å². The third-order valence-corrected chi connectivity index (χ3v) is 9.94. The zero-order valence-electron chi connectivity index (χ0n) is 23.6. The minimum atomic E-state index is -4.24. The summed E-state index contributed by atoms with van der Waals surface area (Å²) in [5.41, 5.74) is -4.96. The largest absolute Gasteiger partial charge is 0.394 e. The van der Waals surface area contributed by atoms with Gasteiger partial charge >= 0.3 is 0 Å². The summed E-state index contributed by atoms with van der Waals surface area (Å²) < 4.78 is 79.1. The molecule has 4 rings (SSSR count). The molecule has 0 bridgehead atoms. The maximum atomic E-state index is 15.1. The number of fused-ring (bicyclic) bond motifs is 1. The number of aryl methyl sites for hydroxylation is 2. The van der Waals surface area contributed by atoms with Crippen LogP contribution in [0.1, 0.15) is 50.3 Å². The molecule has 1 amide bonds. The first kappa shape index (κ1) is 31.3. The van der Waals surface area contributed by atoms with Crippen molar-refractivity contribution in [3.05, 3.63) is 59.2 Å². The number of morpholine rings is 1. The molecular formula is C29H37F3N2O6S. The van der Waals surface area contributed by atoms with Gasteiger partial charge in [-0.05, 0) is 62.9 Å². The zero-order valence-corrected chi connectivity index (χ0v) is 24.4. The Morgan fingerprint density at radius 3 is 2.32 bits per heavy atom. The second-order valence-corrected chi connectivity index (χ2v) is 13.2. The van der Waals surface area contributed by atoms with E-state index in [1.807, 2.05) is 6.92 Å². The van der Waals surface area contributed by atoms with Gasteiger partial charge in [-0.2, -0.15) is 0 Å². The fourth-order valence-corrected chi connectivity index (χ4v) is 7.48. The molecule has 2 aliphatic heterocycles. The van der Waals surface area contributed by atoms with Crippen LogP contribution in [0.2, 0.25) is 0 Å². The quantitative estimate of drug-likeness (QED) is 0.480. The molecule has 0 aromatic heterocycles. The first-order valence-electron chi connectivity index (χ1n) is 13.5. The Morgan fingerprint density at radius 1 is 1.07 bits per heavy atom. The second-order valence-electron chi connectivity index (χ2n) is 11.4. The number of amides is 1. The molecule has 0 radical (unpaired) electrons. The van der Waals surface area contributed by atoms with Crippen LogP contribution in [0.5, 0.6) is 0 Å². The number of hydrogen-bond acceptors (Lipinski definition) is 6. The molecular weight excluding hydrogens is 561 g/mol. The van der Waals surface area contributed by atoms with Gasteiger partial charge in [-0.25, -0.2) is 21.6 Å². The van der Waals surface area contributed by atoms with Crippen LogP contribution in [0.15, 0.2) is 47.4 Å². The molecule has 0 aliphatic carbocycles. The number of alkyl halides is 3. The number of hydrogen-bond donors (Lipinski definition) is 2. The molecule has 3 atom stereocenters. The average Bonchev–Trinajstić information content (AvgIpc) is 2.90. The number of aliphatic hydroxyl groups is 2. The summed E-state index contributed by atoms with van der Waals surface area (Å²) in [7, 11) is -4.24. The Labute approximate surface area is 238 Å². The van der Waals surface area contributed by atoms with Crippen LogP contribution in [0.25, 0.3) is 0 Å². The van der Waals surface area contributed by atoms with E-state index in [4.69, 9.17) is 4.74 Å². The lowest BCUT2D eigenvalue weighted by Crippen LogP contribution is -2.56. The Kier molecular flexibility index (Phi) is 8.54. The summed E-state index contributed by atoms with van der Waals surface area (Å²) in [5, 5.41) is 20.7. The van der Waals surface area contributed by atoms with Crippen molar-refractivity contribution >= 4 is 21.6 Å². The van der Waals surface area contributed by atoms with Crippen molar-refractivity contribution in [3.63, 3.8) is 0 Å². The van der Waals surface area contributed by atoms with Crippen LogP contribution in [0.4, 0.5) is 18.9 Å². The van der Waals surface area contributed by atoms with E-state index in [0.717, 1.165) is 29.8 Å². The monoisotopic (exact) mass is 598 g/mol. The molecule has 2 heterocycles. The van der Waals surface area contributed by atoms with Gasteiger partial charge in [-0.15, -0.1) is 0 Å². The highest BCUT2D eigenvalue weighted by atomic mass is 32.2. The molecule has 12 heteroatoms. The van der Waals surface area contributed by atoms with E-state index < -0.39 is 39.3 Å². The smallest absolute Gasteiger partial charge is 0.280 e. The van der Waals surface area contributed by atoms with Crippen LogP contribution in [-0.2, 0) is 31.6 Å². The summed E-state index contributed by atoms with van der Waals surface area (Å²) in [4.78, 5) is 14.9. The zero-order chi connectivity index (χ0) is 30.4. The van der Waals surface area contributed by atoms with Crippen molar-refractivity contribution in [2.45, 2.75) is 81.1 Å². The maximum absolute atomic E-state index is 15.1. The lowest BCUT2D eigenvalue weighted by Gasteiger charge is -2.43. The van der Waals surface area contributed by atoms with Gasteiger partial charge < -0.3 is 19.8 Å². The Bertz CT molecular complexity index is 1360. The highest BCUT2D eigenvalue weighted by Crippen LogP contribution is 2.49. The number of anilines is 1. The predicted molar refractivity (Wildman–Crippen MR) is 147 cm³/mol. The first-order valence-corrected chi connectivity index (χ1v) is 15.0. The highest BCUT2D eigenvalue weighted by molar-refractivity contribution is 7.92. The molecule has 8 nitrogen and oxygen atoms in total. The number of ether oxygens (including phenoxy) is 1. The number of nitrogens with zero attached hydrogens (tertiary/aromatic N) is 2. The number of sulfonamides is 1. The number of halogens is 3. The highest BCUT2D eigenvalue weighted by Gasteiger charge is 2.60. The number of benzene rings is 2. The fraction of sp³-hybridized carbons (Fsp3) is 0.552. The van der Waals surface area contributed by atoms with Crippen LogP contribution >= 0.6 is 0 Å². The Morgan fingerprint density at radius 2 is 1.73 bits per heavy atom. The van der Waals surface area contributed by atoms with Crippen molar-refractivity contribution in [2.75, 3.05) is 30.7 Å². The number of rotatable bonds is 8. The minimum Gasteiger partial charge on any atom is -0.394 e. The third-order valence-electron chi connectivity index (χ3n) is 8.06. The van der Waals surface area contributed by atoms with Crippen molar-refractivity contribution < 1.29 is 41.3 Å².